The number of nitriles is 2. The number of rotatable bonds is 4. The van der Waals surface area contributed by atoms with Crippen LogP contribution in [0.15, 0.2) is 24.5 Å². The summed E-state index contributed by atoms with van der Waals surface area (Å²) >= 11 is 2.98. The molecule has 4 heterocycles. The highest BCUT2D eigenvalue weighted by Crippen LogP contribution is 2.37. The van der Waals surface area contributed by atoms with E-state index in [2.05, 4.69) is 27.5 Å². The van der Waals surface area contributed by atoms with Crippen LogP contribution in [-0.4, -0.2) is 27.1 Å². The van der Waals surface area contributed by atoms with Crippen molar-refractivity contribution in [2.75, 3.05) is 11.9 Å². The van der Waals surface area contributed by atoms with Gasteiger partial charge in [-0.3, -0.25) is 14.4 Å². The smallest absolute Gasteiger partial charge is 0.259 e. The van der Waals surface area contributed by atoms with Gasteiger partial charge in [0, 0.05) is 42.6 Å². The van der Waals surface area contributed by atoms with Crippen LogP contribution in [0.1, 0.15) is 36.1 Å². The molecule has 3 aromatic heterocycles. The first kappa shape index (κ1) is 18.4. The summed E-state index contributed by atoms with van der Waals surface area (Å²) in [6.07, 6.45) is 3.92. The minimum Gasteiger partial charge on any atom is -0.312 e. The molecule has 1 amide bonds. The number of hydrogen-bond donors (Lipinski definition) is 1. The highest BCUT2D eigenvalue weighted by Gasteiger charge is 2.26. The first-order chi connectivity index (χ1) is 13.6. The summed E-state index contributed by atoms with van der Waals surface area (Å²) in [6, 6.07) is 8.28. The third-order valence-electron chi connectivity index (χ3n) is 4.59. The Morgan fingerprint density at radius 2 is 2.18 bits per heavy atom. The Hall–Kier alpha value is -2.98. The number of carbonyl (C=O) groups excluding carboxylic acids is 1. The number of hydrogen-bond acceptors (Lipinski definition) is 7. The molecule has 1 N–H and O–H groups in total. The zero-order valence-electron chi connectivity index (χ0n) is 15.1. The molecule has 0 bridgehead atoms. The lowest BCUT2D eigenvalue weighted by Gasteiger charge is -2.26. The number of thiophene rings is 2. The second-order valence-corrected chi connectivity index (χ2v) is 8.79. The molecule has 7 nitrogen and oxygen atoms in total. The van der Waals surface area contributed by atoms with Crippen molar-refractivity contribution in [2.24, 2.45) is 7.05 Å². The number of aromatic nitrogens is 2. The van der Waals surface area contributed by atoms with Crippen molar-refractivity contribution in [1.82, 2.24) is 14.7 Å². The van der Waals surface area contributed by atoms with Crippen LogP contribution in [0.25, 0.3) is 0 Å². The lowest BCUT2D eigenvalue weighted by molar-refractivity contribution is 0.102. The molecule has 9 heteroatoms. The van der Waals surface area contributed by atoms with Crippen LogP contribution < -0.4 is 5.32 Å². The first-order valence-electron chi connectivity index (χ1n) is 8.63. The predicted octanol–water partition coefficient (Wildman–Crippen LogP) is 3.10. The van der Waals surface area contributed by atoms with Gasteiger partial charge in [-0.2, -0.15) is 15.6 Å². The molecule has 4 rings (SSSR count). The van der Waals surface area contributed by atoms with Gasteiger partial charge in [-0.15, -0.1) is 22.7 Å². The minimum absolute atomic E-state index is 0.261. The van der Waals surface area contributed by atoms with Gasteiger partial charge >= 0.3 is 0 Å². The van der Waals surface area contributed by atoms with E-state index < -0.39 is 0 Å². The number of amides is 1. The number of carbonyl (C=O) groups is 1. The topological polar surface area (TPSA) is 97.7 Å². The number of aryl methyl sites for hydroxylation is 1. The SMILES string of the molecule is Cn1cc(C(=O)Nc2sc3c(c2C#N)CCN(Cc2ccc(C#N)s2)C3)cn1. The number of nitrogens with zero attached hydrogens (tertiary/aromatic N) is 5. The van der Waals surface area contributed by atoms with Crippen molar-refractivity contribution >= 4 is 33.6 Å². The molecule has 0 unspecified atom stereocenters. The van der Waals surface area contributed by atoms with Crippen LogP contribution in [0.3, 0.4) is 0 Å². The molecule has 0 saturated heterocycles. The van der Waals surface area contributed by atoms with Gasteiger partial charge in [-0.05, 0) is 24.1 Å². The molecule has 0 spiro atoms. The molecule has 0 fully saturated rings. The predicted molar refractivity (Wildman–Crippen MR) is 107 cm³/mol. The normalized spacial score (nSPS) is 13.5. The van der Waals surface area contributed by atoms with Crippen molar-refractivity contribution in [3.63, 3.8) is 0 Å². The molecule has 0 radical (unpaired) electrons. The van der Waals surface area contributed by atoms with Gasteiger partial charge in [-0.1, -0.05) is 0 Å². The third-order valence-corrected chi connectivity index (χ3v) is 6.70. The van der Waals surface area contributed by atoms with Gasteiger partial charge in [0.1, 0.15) is 22.0 Å². The number of nitrogens with one attached hydrogen (secondary N) is 1. The van der Waals surface area contributed by atoms with Crippen molar-refractivity contribution < 1.29 is 4.79 Å². The molecule has 1 aliphatic heterocycles. The maximum atomic E-state index is 12.4. The molecule has 3 aromatic rings. The average Bonchev–Trinajstić information content (AvgIpc) is 3.39. The van der Waals surface area contributed by atoms with E-state index in [-0.39, 0.29) is 5.91 Å². The molecule has 0 aliphatic carbocycles. The molecule has 0 aromatic carbocycles. The molecule has 0 saturated carbocycles. The van der Waals surface area contributed by atoms with Crippen molar-refractivity contribution in [3.05, 3.63) is 55.8 Å². The maximum absolute atomic E-state index is 12.4. The number of anilines is 1. The Bertz CT molecular complexity index is 1130. The van der Waals surface area contributed by atoms with Crippen molar-refractivity contribution in [1.29, 1.82) is 10.5 Å². The van der Waals surface area contributed by atoms with Gasteiger partial charge in [-0.25, -0.2) is 0 Å². The van der Waals surface area contributed by atoms with Crippen molar-refractivity contribution in [2.45, 2.75) is 19.5 Å². The Kier molecular flexibility index (Phi) is 4.97. The largest absolute Gasteiger partial charge is 0.312 e. The summed E-state index contributed by atoms with van der Waals surface area (Å²) in [4.78, 5) is 17.7. The van der Waals surface area contributed by atoms with Crippen LogP contribution >= 0.6 is 22.7 Å². The zero-order chi connectivity index (χ0) is 19.7. The zero-order valence-corrected chi connectivity index (χ0v) is 16.7. The van der Waals surface area contributed by atoms with Gasteiger partial charge in [0.15, 0.2) is 0 Å². The molecule has 28 heavy (non-hydrogen) atoms. The second kappa shape index (κ2) is 7.56. The molecule has 140 valence electrons. The highest BCUT2D eigenvalue weighted by molar-refractivity contribution is 7.16. The van der Waals surface area contributed by atoms with Gasteiger partial charge in [0.2, 0.25) is 0 Å². The summed E-state index contributed by atoms with van der Waals surface area (Å²) < 4.78 is 1.57. The van der Waals surface area contributed by atoms with E-state index in [0.29, 0.717) is 16.1 Å². The fourth-order valence-corrected chi connectivity index (χ4v) is 5.34. The molecular weight excluding hydrogens is 392 g/mol. The minimum atomic E-state index is -0.261. The Balaban J connectivity index is 1.51. The molecular formula is C19H16N6OS2. The van der Waals surface area contributed by atoms with Crippen molar-refractivity contribution in [3.8, 4) is 12.1 Å². The summed E-state index contributed by atoms with van der Waals surface area (Å²) in [5.74, 6) is -0.261. The van der Waals surface area contributed by atoms with Crippen LogP contribution in [0.4, 0.5) is 5.00 Å². The Morgan fingerprint density at radius 1 is 1.32 bits per heavy atom. The standard InChI is InChI=1S/C19H16N6OS2/c1-24-9-12(8-22-24)18(26)23-19-16(7-21)15-4-5-25(11-17(15)28-19)10-14-3-2-13(6-20)27-14/h2-3,8-9H,4-5,10-11H2,1H3,(H,23,26). The monoisotopic (exact) mass is 408 g/mol. The highest BCUT2D eigenvalue weighted by atomic mass is 32.1. The van der Waals surface area contributed by atoms with Crippen LogP contribution in [0, 0.1) is 22.7 Å². The lowest BCUT2D eigenvalue weighted by atomic mass is 10.0. The number of fused-ring (bicyclic) bond motifs is 1. The van der Waals surface area contributed by atoms with E-state index in [1.807, 2.05) is 12.1 Å². The summed E-state index contributed by atoms with van der Waals surface area (Å²) in [5, 5.41) is 26.1. The lowest BCUT2D eigenvalue weighted by Crippen LogP contribution is -2.29. The molecule has 1 aliphatic rings. The quantitative estimate of drug-likeness (QED) is 0.715. The average molecular weight is 409 g/mol. The maximum Gasteiger partial charge on any atom is 0.259 e. The van der Waals surface area contributed by atoms with Crippen LogP contribution in [-0.2, 0) is 26.6 Å². The summed E-state index contributed by atoms with van der Waals surface area (Å²) in [6.45, 7) is 2.36. The van der Waals surface area contributed by atoms with Gasteiger partial charge in [0.05, 0.1) is 17.3 Å². The van der Waals surface area contributed by atoms with E-state index in [9.17, 15) is 10.1 Å². The fourth-order valence-electron chi connectivity index (χ4n) is 3.25. The second-order valence-electron chi connectivity index (χ2n) is 6.51. The third kappa shape index (κ3) is 3.56. The van der Waals surface area contributed by atoms with Crippen LogP contribution in [0.2, 0.25) is 0 Å². The van der Waals surface area contributed by atoms with E-state index in [0.717, 1.165) is 46.2 Å². The fraction of sp³-hybridized carbons (Fsp3) is 0.263. The molecule has 0 atom stereocenters. The Morgan fingerprint density at radius 3 is 2.86 bits per heavy atom. The van der Waals surface area contributed by atoms with E-state index >= 15 is 0 Å². The van der Waals surface area contributed by atoms with E-state index in [1.165, 1.54) is 28.9 Å². The van der Waals surface area contributed by atoms with E-state index in [4.69, 9.17) is 5.26 Å². The summed E-state index contributed by atoms with van der Waals surface area (Å²) in [7, 11) is 1.75. The van der Waals surface area contributed by atoms with Gasteiger partial charge < -0.3 is 5.32 Å². The first-order valence-corrected chi connectivity index (χ1v) is 10.3. The van der Waals surface area contributed by atoms with E-state index in [1.54, 1.807) is 17.9 Å². The van der Waals surface area contributed by atoms with Crippen LogP contribution in [0.5, 0.6) is 0 Å². The summed E-state index contributed by atoms with van der Waals surface area (Å²) in [5.41, 5.74) is 2.07. The van der Waals surface area contributed by atoms with Gasteiger partial charge in [0.25, 0.3) is 5.91 Å². The Labute approximate surface area is 170 Å².